The molecule has 0 aromatic carbocycles. The first-order valence-corrected chi connectivity index (χ1v) is 3.73. The van der Waals surface area contributed by atoms with E-state index in [0.717, 1.165) is 0 Å². The minimum atomic E-state index is -1.03. The number of anilines is 1. The molecule has 7 heteroatoms. The van der Waals surface area contributed by atoms with Crippen molar-refractivity contribution in [1.29, 1.82) is 0 Å². The summed E-state index contributed by atoms with van der Waals surface area (Å²) < 4.78 is 0. The van der Waals surface area contributed by atoms with E-state index in [4.69, 9.17) is 0 Å². The van der Waals surface area contributed by atoms with Crippen LogP contribution in [0, 0.1) is 0 Å². The average molecular weight is 185 g/mol. The second kappa shape index (κ2) is 3.48. The van der Waals surface area contributed by atoms with Gasteiger partial charge in [0.25, 0.3) is 5.95 Å². The molecule has 3 N–H and O–H groups in total. The van der Waals surface area contributed by atoms with Crippen molar-refractivity contribution in [3.05, 3.63) is 0 Å². The van der Waals surface area contributed by atoms with E-state index < -0.39 is 5.60 Å². The summed E-state index contributed by atoms with van der Waals surface area (Å²) in [6, 6.07) is 0. The van der Waals surface area contributed by atoms with Crippen molar-refractivity contribution in [2.24, 2.45) is 0 Å². The number of aliphatic hydroxyl groups is 1. The second-order valence-corrected chi connectivity index (χ2v) is 3.27. The number of aromatic nitrogens is 4. The van der Waals surface area contributed by atoms with Crippen LogP contribution in [0.1, 0.15) is 20.3 Å². The number of carbonyl (C=O) groups is 1. The molecule has 0 radical (unpaired) electrons. The van der Waals surface area contributed by atoms with Crippen LogP contribution in [0.25, 0.3) is 0 Å². The lowest BCUT2D eigenvalue weighted by Crippen LogP contribution is -2.27. The van der Waals surface area contributed by atoms with E-state index >= 15 is 0 Å². The molecule has 0 aliphatic carbocycles. The zero-order valence-corrected chi connectivity index (χ0v) is 7.40. The molecule has 7 nitrogen and oxygen atoms in total. The highest BCUT2D eigenvalue weighted by Crippen LogP contribution is 2.07. The van der Waals surface area contributed by atoms with Crippen molar-refractivity contribution in [2.45, 2.75) is 25.9 Å². The highest BCUT2D eigenvalue weighted by atomic mass is 16.3. The van der Waals surface area contributed by atoms with Crippen LogP contribution in [0.15, 0.2) is 0 Å². The summed E-state index contributed by atoms with van der Waals surface area (Å²) in [5, 5.41) is 24.2. The molecule has 1 amide bonds. The Morgan fingerprint density at radius 1 is 1.69 bits per heavy atom. The summed E-state index contributed by atoms with van der Waals surface area (Å²) in [6.07, 6.45) is -0.0124. The number of aromatic amines is 1. The summed E-state index contributed by atoms with van der Waals surface area (Å²) in [6.45, 7) is 3.09. The molecule has 1 heterocycles. The zero-order valence-electron chi connectivity index (χ0n) is 7.40. The highest BCUT2D eigenvalue weighted by Gasteiger charge is 2.18. The Bertz CT molecular complexity index is 276. The van der Waals surface area contributed by atoms with Gasteiger partial charge in [-0.05, 0) is 19.1 Å². The predicted molar refractivity (Wildman–Crippen MR) is 43.7 cm³/mol. The van der Waals surface area contributed by atoms with Crippen molar-refractivity contribution in [3.8, 4) is 0 Å². The van der Waals surface area contributed by atoms with Gasteiger partial charge in [-0.3, -0.25) is 10.1 Å². The highest BCUT2D eigenvalue weighted by molar-refractivity contribution is 5.89. The smallest absolute Gasteiger partial charge is 0.269 e. The summed E-state index contributed by atoms with van der Waals surface area (Å²) >= 11 is 0. The Morgan fingerprint density at radius 2 is 2.38 bits per heavy atom. The van der Waals surface area contributed by atoms with E-state index in [1.165, 1.54) is 0 Å². The third kappa shape index (κ3) is 3.61. The van der Waals surface area contributed by atoms with E-state index in [1.807, 2.05) is 0 Å². The molecule has 0 aliphatic rings. The number of nitrogens with one attached hydrogen (secondary N) is 2. The van der Waals surface area contributed by atoms with Crippen molar-refractivity contribution in [2.75, 3.05) is 5.32 Å². The van der Waals surface area contributed by atoms with E-state index in [2.05, 4.69) is 25.9 Å². The summed E-state index contributed by atoms with van der Waals surface area (Å²) in [5.74, 6) is -0.247. The van der Waals surface area contributed by atoms with Crippen LogP contribution >= 0.6 is 0 Å². The van der Waals surface area contributed by atoms with E-state index in [-0.39, 0.29) is 18.3 Å². The Hall–Kier alpha value is -1.50. The molecule has 72 valence electrons. The zero-order chi connectivity index (χ0) is 9.90. The van der Waals surface area contributed by atoms with Gasteiger partial charge in [0.1, 0.15) is 0 Å². The summed E-state index contributed by atoms with van der Waals surface area (Å²) in [7, 11) is 0. The largest absolute Gasteiger partial charge is 0.390 e. The van der Waals surface area contributed by atoms with Crippen LogP contribution in [0.5, 0.6) is 0 Å². The number of tetrazole rings is 1. The van der Waals surface area contributed by atoms with Crippen LogP contribution in [0.2, 0.25) is 0 Å². The summed E-state index contributed by atoms with van der Waals surface area (Å²) in [5.41, 5.74) is -1.03. The first-order valence-electron chi connectivity index (χ1n) is 3.73. The quantitative estimate of drug-likeness (QED) is 0.577. The van der Waals surface area contributed by atoms with Gasteiger partial charge in [-0.2, -0.15) is 5.21 Å². The third-order valence-electron chi connectivity index (χ3n) is 1.19. The van der Waals surface area contributed by atoms with Gasteiger partial charge in [0.05, 0.1) is 12.0 Å². The maximum Gasteiger partial charge on any atom is 0.269 e. The van der Waals surface area contributed by atoms with Gasteiger partial charge in [-0.1, -0.05) is 5.10 Å². The maximum absolute atomic E-state index is 11.1. The Morgan fingerprint density at radius 3 is 2.85 bits per heavy atom. The minimum absolute atomic E-state index is 0.0124. The van der Waals surface area contributed by atoms with Gasteiger partial charge in [0.2, 0.25) is 5.91 Å². The van der Waals surface area contributed by atoms with Crippen molar-refractivity contribution in [3.63, 3.8) is 0 Å². The Balaban J connectivity index is 2.43. The van der Waals surface area contributed by atoms with Gasteiger partial charge >= 0.3 is 0 Å². The van der Waals surface area contributed by atoms with E-state index in [1.54, 1.807) is 13.8 Å². The van der Waals surface area contributed by atoms with E-state index in [9.17, 15) is 9.90 Å². The van der Waals surface area contributed by atoms with Crippen LogP contribution in [0.4, 0.5) is 5.95 Å². The van der Waals surface area contributed by atoms with Crippen molar-refractivity contribution in [1.82, 2.24) is 20.6 Å². The number of nitrogens with zero attached hydrogens (tertiary/aromatic N) is 3. The van der Waals surface area contributed by atoms with Crippen LogP contribution in [-0.4, -0.2) is 37.2 Å². The molecule has 0 saturated heterocycles. The SMILES string of the molecule is CC(C)(O)CC(=O)Nc1nn[nH]n1. The molecular formula is C6H11N5O2. The molecule has 0 aliphatic heterocycles. The number of amides is 1. The standard InChI is InChI=1S/C6H11N5O2/c1-6(2,13)3-4(12)7-5-8-10-11-9-5/h13H,3H2,1-2H3,(H2,7,8,9,10,11,12). The molecule has 0 saturated carbocycles. The maximum atomic E-state index is 11.1. The molecule has 0 atom stereocenters. The monoisotopic (exact) mass is 185 g/mol. The van der Waals surface area contributed by atoms with Crippen molar-refractivity contribution < 1.29 is 9.90 Å². The molecule has 13 heavy (non-hydrogen) atoms. The molecule has 0 spiro atoms. The number of hydrogen-bond donors (Lipinski definition) is 3. The lowest BCUT2D eigenvalue weighted by molar-refractivity contribution is -0.119. The first-order chi connectivity index (χ1) is 5.97. The Labute approximate surface area is 74.5 Å². The van der Waals surface area contributed by atoms with Gasteiger partial charge in [0.15, 0.2) is 0 Å². The average Bonchev–Trinajstić information content (AvgIpc) is 2.34. The van der Waals surface area contributed by atoms with Crippen LogP contribution in [-0.2, 0) is 4.79 Å². The lowest BCUT2D eigenvalue weighted by Gasteiger charge is -2.14. The van der Waals surface area contributed by atoms with Gasteiger partial charge < -0.3 is 5.11 Å². The van der Waals surface area contributed by atoms with Gasteiger partial charge in [-0.25, -0.2) is 0 Å². The number of hydrogen-bond acceptors (Lipinski definition) is 5. The topological polar surface area (TPSA) is 104 Å². The Kier molecular flexibility index (Phi) is 2.57. The van der Waals surface area contributed by atoms with Gasteiger partial charge in [0, 0.05) is 0 Å². The number of H-pyrrole nitrogens is 1. The molecule has 0 unspecified atom stereocenters. The first kappa shape index (κ1) is 9.59. The second-order valence-electron chi connectivity index (χ2n) is 3.27. The number of rotatable bonds is 3. The number of carbonyl (C=O) groups excluding carboxylic acids is 1. The molecule has 1 aromatic heterocycles. The fourth-order valence-electron chi connectivity index (χ4n) is 0.777. The summed E-state index contributed by atoms with van der Waals surface area (Å²) in [4.78, 5) is 11.1. The molecular weight excluding hydrogens is 174 g/mol. The third-order valence-corrected chi connectivity index (χ3v) is 1.19. The molecule has 0 fully saturated rings. The fraction of sp³-hybridized carbons (Fsp3) is 0.667. The normalized spacial score (nSPS) is 11.3. The fourth-order valence-corrected chi connectivity index (χ4v) is 0.777. The van der Waals surface area contributed by atoms with Crippen LogP contribution < -0.4 is 5.32 Å². The minimum Gasteiger partial charge on any atom is -0.390 e. The molecule has 1 aromatic rings. The molecule has 1 rings (SSSR count). The van der Waals surface area contributed by atoms with E-state index in [0.29, 0.717) is 0 Å². The van der Waals surface area contributed by atoms with Gasteiger partial charge in [-0.15, -0.1) is 5.10 Å². The molecule has 0 bridgehead atoms. The predicted octanol–water partition coefficient (Wildman–Crippen LogP) is -0.701. The van der Waals surface area contributed by atoms with Crippen molar-refractivity contribution >= 4 is 11.9 Å². The van der Waals surface area contributed by atoms with Crippen LogP contribution in [0.3, 0.4) is 0 Å². The lowest BCUT2D eigenvalue weighted by atomic mass is 10.1.